The van der Waals surface area contributed by atoms with Gasteiger partial charge in [-0.15, -0.1) is 20.5 Å². The van der Waals surface area contributed by atoms with Gasteiger partial charge in [0, 0.05) is 76.8 Å². The maximum atomic E-state index is 13.9. The van der Waals surface area contributed by atoms with Crippen LogP contribution in [0.1, 0.15) is 89.8 Å². The summed E-state index contributed by atoms with van der Waals surface area (Å²) >= 11 is 2.14. The highest BCUT2D eigenvalue weighted by atomic mass is 32.2. The number of aromatic nitrogens is 5. The summed E-state index contributed by atoms with van der Waals surface area (Å²) in [5.41, 5.74) is 1.90. The number of Topliss-reactive ketones (excluding diaryl/α,β-unsaturated/α-hetero) is 2. The fourth-order valence-electron chi connectivity index (χ4n) is 11.0. The van der Waals surface area contributed by atoms with Crippen LogP contribution >= 0.6 is 22.7 Å². The van der Waals surface area contributed by atoms with Crippen LogP contribution in [0.2, 0.25) is 0 Å². The Morgan fingerprint density at radius 2 is 0.899 bits per heavy atom. The van der Waals surface area contributed by atoms with Gasteiger partial charge in [0.05, 0.1) is 56.9 Å². The number of amides is 2. The van der Waals surface area contributed by atoms with Gasteiger partial charge >= 0.3 is 0 Å². The standard InChI is InChI=1S/C65H78N18O12S4/c1-7-79(8-2)43-25-27-47(75-77-64-70-57(81-29-17-11-18-30-81)53(96-64)39-45(41(5)86)59(88)66-49-21-13-15-23-55(49)98(90,91)92)51(37-43)68-61-72-62(74-63(73-61)83(33-35-84)34-36-85)69-52-38-44(80(9-3)10-4)26-28-48(52)76-78-65-71-58(82-31-19-12-20-32-82)54(97-65)40-46(42(6)87)60(89)67-50-22-14-16-24-56(50)99(93,94)95/h13-16,21-28,37-40,84-85H,7-12,17-20,29-36H2,1-6H3,(H,66,88)(H,67,89)(H,90,91,92)(H,93,94,95)(H2,68,69,72,73,74)/b45-39+,46-40?,77-75?,78-76?. The van der Waals surface area contributed by atoms with Crippen LogP contribution in [0.4, 0.5) is 85.2 Å². The Labute approximate surface area is 581 Å². The molecular weight excluding hydrogens is 1350 g/mol. The van der Waals surface area contributed by atoms with Gasteiger partial charge in [-0.2, -0.15) is 41.8 Å². The van der Waals surface area contributed by atoms with Gasteiger partial charge < -0.3 is 56.0 Å². The summed E-state index contributed by atoms with van der Waals surface area (Å²) in [7, 11) is -9.50. The lowest BCUT2D eigenvalue weighted by atomic mass is 10.1. The summed E-state index contributed by atoms with van der Waals surface area (Å²) in [4.78, 5) is 88.1. The molecule has 4 aromatic carbocycles. The average Bonchev–Trinajstić information content (AvgIpc) is 1.76. The quantitative estimate of drug-likeness (QED) is 0.00658. The van der Waals surface area contributed by atoms with E-state index in [0.29, 0.717) is 96.5 Å². The van der Waals surface area contributed by atoms with Gasteiger partial charge in [0.2, 0.25) is 28.1 Å². The summed E-state index contributed by atoms with van der Waals surface area (Å²) in [5, 5.41) is 51.3. The number of nitrogens with zero attached hydrogens (tertiary/aromatic N) is 14. The molecule has 99 heavy (non-hydrogen) atoms. The second-order valence-electron chi connectivity index (χ2n) is 22.7. The number of hydrogen-bond acceptors (Lipinski definition) is 28. The first-order chi connectivity index (χ1) is 47.5. The molecule has 0 aliphatic carbocycles. The third-order valence-electron chi connectivity index (χ3n) is 16.0. The van der Waals surface area contributed by atoms with E-state index in [4.69, 9.17) is 35.1 Å². The van der Waals surface area contributed by atoms with Crippen molar-refractivity contribution in [1.29, 1.82) is 0 Å². The van der Waals surface area contributed by atoms with E-state index in [1.807, 2.05) is 61.8 Å². The number of aliphatic hydroxyl groups is 2. The summed E-state index contributed by atoms with van der Waals surface area (Å²) in [6, 6.07) is 21.5. The van der Waals surface area contributed by atoms with Crippen LogP contribution in [0.15, 0.2) is 126 Å². The zero-order chi connectivity index (χ0) is 71.0. The molecule has 2 fully saturated rings. The normalized spacial score (nSPS) is 14.0. The highest BCUT2D eigenvalue weighted by molar-refractivity contribution is 7.86. The number of nitrogens with one attached hydrogen (secondary N) is 4. The number of hydrogen-bond donors (Lipinski definition) is 8. The van der Waals surface area contributed by atoms with Gasteiger partial charge in [-0.25, -0.2) is 0 Å². The van der Waals surface area contributed by atoms with Crippen LogP contribution in [0.5, 0.6) is 0 Å². The number of thiazole rings is 2. The molecular formula is C65H78N18O12S4. The number of anilines is 11. The lowest BCUT2D eigenvalue weighted by molar-refractivity contribution is -0.120. The van der Waals surface area contributed by atoms with Gasteiger partial charge in [0.15, 0.2) is 11.6 Å². The number of carbonyl (C=O) groups is 4. The molecule has 2 saturated heterocycles. The Kier molecular flexibility index (Phi) is 25.2. The number of piperidine rings is 2. The average molecular weight is 1430 g/mol. The molecule has 0 spiro atoms. The van der Waals surface area contributed by atoms with Crippen LogP contribution in [0, 0.1) is 0 Å². The molecule has 3 aromatic heterocycles. The molecule has 2 aliphatic heterocycles. The smallest absolute Gasteiger partial charge is 0.296 e. The Hall–Kier alpha value is -9.55. The zero-order valence-corrected chi connectivity index (χ0v) is 58.7. The second-order valence-corrected chi connectivity index (χ2v) is 27.5. The molecule has 34 heteroatoms. The minimum atomic E-state index is -4.75. The maximum Gasteiger partial charge on any atom is 0.296 e. The van der Waals surface area contributed by atoms with E-state index < -0.39 is 53.4 Å². The molecule has 0 saturated carbocycles. The van der Waals surface area contributed by atoms with E-state index in [9.17, 15) is 55.3 Å². The monoisotopic (exact) mass is 1430 g/mol. The summed E-state index contributed by atoms with van der Waals surface area (Å²) in [5.74, 6) is -2.12. The topological polar surface area (TPSA) is 396 Å². The van der Waals surface area contributed by atoms with Crippen LogP contribution in [-0.4, -0.2) is 163 Å². The third-order valence-corrected chi connectivity index (χ3v) is 19.6. The molecule has 9 rings (SSSR count). The Morgan fingerprint density at radius 1 is 0.515 bits per heavy atom. The van der Waals surface area contributed by atoms with Crippen LogP contribution in [0.25, 0.3) is 12.2 Å². The van der Waals surface area contributed by atoms with E-state index in [1.165, 1.54) is 62.4 Å². The first kappa shape index (κ1) is 73.7. The molecule has 0 bridgehead atoms. The number of azo groups is 2. The lowest BCUT2D eigenvalue weighted by Crippen LogP contribution is -2.31. The van der Waals surface area contributed by atoms with Crippen molar-refractivity contribution in [2.24, 2.45) is 20.5 Å². The van der Waals surface area contributed by atoms with E-state index in [0.717, 1.165) is 84.7 Å². The van der Waals surface area contributed by atoms with Crippen LogP contribution in [-0.2, 0) is 39.4 Å². The first-order valence-electron chi connectivity index (χ1n) is 32.1. The minimum absolute atomic E-state index is 0.00207. The number of benzene rings is 4. The van der Waals surface area contributed by atoms with Gasteiger partial charge in [0.25, 0.3) is 32.1 Å². The van der Waals surface area contributed by atoms with Crippen molar-refractivity contribution >= 4 is 164 Å². The Balaban J connectivity index is 1.10. The largest absolute Gasteiger partial charge is 0.395 e. The Bertz CT molecular complexity index is 4170. The summed E-state index contributed by atoms with van der Waals surface area (Å²) in [6.07, 6.45) is 8.18. The van der Waals surface area contributed by atoms with Crippen molar-refractivity contribution in [3.05, 3.63) is 106 Å². The van der Waals surface area contributed by atoms with Crippen LogP contribution in [0.3, 0.4) is 0 Å². The summed E-state index contributed by atoms with van der Waals surface area (Å²) < 4.78 is 68.6. The van der Waals surface area contributed by atoms with Gasteiger partial charge in [0.1, 0.15) is 32.8 Å². The number of para-hydroxylation sites is 2. The van der Waals surface area contributed by atoms with Crippen molar-refractivity contribution in [2.45, 2.75) is 89.9 Å². The molecule has 2 amide bonds. The predicted octanol–water partition coefficient (Wildman–Crippen LogP) is 11.3. The fourth-order valence-corrected chi connectivity index (χ4v) is 14.0. The SMILES string of the molecule is CCN(CC)c1ccc(N=Nc2nc(N3CCCCC3)c(C=C(C(C)=O)C(=O)Nc3ccccc3S(=O)(=O)O)s2)c(Nc2nc(Nc3cc(N(CC)CC)ccc3N=Nc3nc(N4CCCCC4)c(/C=C(\C(C)=O)C(=O)Nc4ccccc4S(=O)(=O)O)s3)nc(N(CCO)CCO)n2)c1. The van der Waals surface area contributed by atoms with Crippen molar-refractivity contribution in [2.75, 3.05) is 124 Å². The van der Waals surface area contributed by atoms with Crippen molar-refractivity contribution in [3.63, 3.8) is 0 Å². The summed E-state index contributed by atoms with van der Waals surface area (Å²) in [6.45, 7) is 15.0. The molecule has 7 aromatic rings. The van der Waals surface area contributed by atoms with E-state index in [1.54, 1.807) is 17.0 Å². The van der Waals surface area contributed by atoms with Gasteiger partial charge in [-0.05, 0) is 153 Å². The molecule has 524 valence electrons. The number of rotatable bonds is 31. The molecule has 0 atom stereocenters. The molecule has 5 heterocycles. The maximum absolute atomic E-state index is 13.9. The third kappa shape index (κ3) is 19.0. The Morgan fingerprint density at radius 3 is 1.25 bits per heavy atom. The highest BCUT2D eigenvalue weighted by Gasteiger charge is 2.28. The number of aliphatic hydroxyl groups excluding tert-OH is 2. The van der Waals surface area contributed by atoms with E-state index >= 15 is 0 Å². The zero-order valence-electron chi connectivity index (χ0n) is 55.4. The molecule has 0 radical (unpaired) electrons. The number of carbonyl (C=O) groups excluding carboxylic acids is 4. The van der Waals surface area contributed by atoms with Crippen molar-refractivity contribution < 1.29 is 55.3 Å². The number of ketones is 2. The molecule has 0 unspecified atom stereocenters. The van der Waals surface area contributed by atoms with Crippen LogP contribution < -0.4 is 45.8 Å². The molecule has 2 aliphatic rings. The molecule has 8 N–H and O–H groups in total. The fraction of sp³-hybridized carbons (Fsp3) is 0.369. The van der Waals surface area contributed by atoms with E-state index in [2.05, 4.69) is 41.3 Å². The van der Waals surface area contributed by atoms with E-state index in [-0.39, 0.29) is 76.9 Å². The predicted molar refractivity (Wildman–Crippen MR) is 385 cm³/mol. The second kappa shape index (κ2) is 33.8. The van der Waals surface area contributed by atoms with Crippen molar-refractivity contribution in [3.8, 4) is 0 Å². The van der Waals surface area contributed by atoms with Crippen molar-refractivity contribution in [1.82, 2.24) is 24.9 Å². The minimum Gasteiger partial charge on any atom is -0.395 e. The lowest BCUT2D eigenvalue weighted by Gasteiger charge is -2.27. The van der Waals surface area contributed by atoms with Gasteiger partial charge in [-0.3, -0.25) is 28.3 Å². The highest BCUT2D eigenvalue weighted by Crippen LogP contribution is 2.41. The molecule has 30 nitrogen and oxygen atoms in total. The first-order valence-corrected chi connectivity index (χ1v) is 36.6. The van der Waals surface area contributed by atoms with Gasteiger partial charge in [-0.1, -0.05) is 46.9 Å².